The second kappa shape index (κ2) is 7.63. The number of benzene rings is 1. The lowest BCUT2D eigenvalue weighted by atomic mass is 9.76. The fraction of sp³-hybridized carbons (Fsp3) is 0.632. The van der Waals surface area contributed by atoms with Gasteiger partial charge < -0.3 is 5.32 Å². The summed E-state index contributed by atoms with van der Waals surface area (Å²) in [5.41, 5.74) is 3.33. The standard InChI is InChI=1S/C19H29NO/c1-4-5-11-16-12-6-7-13-17(16)19(21)20-18-14(2)9-8-10-15(18)3/h8-10,16-17H,4-7,11-13H2,1-3H3,(H,20,21)/t16?,17-/m1/s1. The molecule has 2 rings (SSSR count). The molecule has 1 fully saturated rings. The Morgan fingerprint density at radius 1 is 1.19 bits per heavy atom. The largest absolute Gasteiger partial charge is 0.325 e. The van der Waals surface area contributed by atoms with Crippen LogP contribution in [0.2, 0.25) is 0 Å². The van der Waals surface area contributed by atoms with E-state index >= 15 is 0 Å². The van der Waals surface area contributed by atoms with Gasteiger partial charge in [-0.05, 0) is 50.2 Å². The molecule has 1 aliphatic carbocycles. The summed E-state index contributed by atoms with van der Waals surface area (Å²) in [6.45, 7) is 6.37. The van der Waals surface area contributed by atoms with Gasteiger partial charge in [0.05, 0.1) is 0 Å². The van der Waals surface area contributed by atoms with E-state index in [1.807, 2.05) is 6.07 Å². The summed E-state index contributed by atoms with van der Waals surface area (Å²) in [5.74, 6) is 1.04. The van der Waals surface area contributed by atoms with Crippen LogP contribution in [-0.4, -0.2) is 5.91 Å². The first-order valence-electron chi connectivity index (χ1n) is 8.50. The molecule has 1 aliphatic rings. The average Bonchev–Trinajstić information content (AvgIpc) is 2.49. The lowest BCUT2D eigenvalue weighted by Crippen LogP contribution is -2.32. The molecule has 1 N–H and O–H groups in total. The molecule has 0 heterocycles. The monoisotopic (exact) mass is 287 g/mol. The SMILES string of the molecule is CCCCC1CCCC[C@H]1C(=O)Nc1c(C)cccc1C. The Kier molecular flexibility index (Phi) is 5.84. The highest BCUT2D eigenvalue weighted by Crippen LogP contribution is 2.34. The molecule has 0 bridgehead atoms. The zero-order valence-electron chi connectivity index (χ0n) is 13.7. The summed E-state index contributed by atoms with van der Waals surface area (Å²) in [6.07, 6.45) is 8.46. The second-order valence-corrected chi connectivity index (χ2v) is 6.55. The average molecular weight is 287 g/mol. The zero-order valence-corrected chi connectivity index (χ0v) is 13.7. The van der Waals surface area contributed by atoms with E-state index in [2.05, 4.69) is 38.2 Å². The zero-order chi connectivity index (χ0) is 15.2. The van der Waals surface area contributed by atoms with Gasteiger partial charge in [-0.25, -0.2) is 0 Å². The fourth-order valence-electron chi connectivity index (χ4n) is 3.59. The van der Waals surface area contributed by atoms with Crippen LogP contribution in [0.25, 0.3) is 0 Å². The van der Waals surface area contributed by atoms with Crippen molar-refractivity contribution in [3.05, 3.63) is 29.3 Å². The molecular formula is C19H29NO. The van der Waals surface area contributed by atoms with E-state index in [0.29, 0.717) is 5.92 Å². The van der Waals surface area contributed by atoms with E-state index in [4.69, 9.17) is 0 Å². The van der Waals surface area contributed by atoms with E-state index < -0.39 is 0 Å². The molecular weight excluding hydrogens is 258 g/mol. The van der Waals surface area contributed by atoms with Gasteiger partial charge >= 0.3 is 0 Å². The van der Waals surface area contributed by atoms with Crippen LogP contribution in [0.1, 0.15) is 63.0 Å². The Bertz CT molecular complexity index is 460. The molecule has 2 nitrogen and oxygen atoms in total. The normalized spacial score (nSPS) is 22.0. The highest BCUT2D eigenvalue weighted by molar-refractivity contribution is 5.94. The number of anilines is 1. The van der Waals surface area contributed by atoms with Crippen molar-refractivity contribution in [3.63, 3.8) is 0 Å². The number of unbranched alkanes of at least 4 members (excludes halogenated alkanes) is 1. The van der Waals surface area contributed by atoms with E-state index in [0.717, 1.165) is 23.2 Å². The molecule has 0 radical (unpaired) electrons. The number of para-hydroxylation sites is 1. The van der Waals surface area contributed by atoms with Crippen LogP contribution in [0.3, 0.4) is 0 Å². The molecule has 1 saturated carbocycles. The van der Waals surface area contributed by atoms with Gasteiger partial charge in [0.15, 0.2) is 0 Å². The summed E-state index contributed by atoms with van der Waals surface area (Å²) in [7, 11) is 0. The molecule has 0 saturated heterocycles. The minimum absolute atomic E-state index is 0.212. The minimum atomic E-state index is 0.212. The van der Waals surface area contributed by atoms with Gasteiger partial charge in [0.2, 0.25) is 5.91 Å². The highest BCUT2D eigenvalue weighted by Gasteiger charge is 2.30. The van der Waals surface area contributed by atoms with Crippen LogP contribution in [0.4, 0.5) is 5.69 Å². The van der Waals surface area contributed by atoms with Crippen molar-refractivity contribution >= 4 is 11.6 Å². The Morgan fingerprint density at radius 3 is 2.52 bits per heavy atom. The van der Waals surface area contributed by atoms with Crippen LogP contribution in [-0.2, 0) is 4.79 Å². The van der Waals surface area contributed by atoms with Crippen LogP contribution < -0.4 is 5.32 Å². The Hall–Kier alpha value is -1.31. The third-order valence-corrected chi connectivity index (χ3v) is 4.90. The maximum absolute atomic E-state index is 12.7. The van der Waals surface area contributed by atoms with E-state index in [9.17, 15) is 4.79 Å². The number of carbonyl (C=O) groups is 1. The molecule has 116 valence electrons. The smallest absolute Gasteiger partial charge is 0.227 e. The lowest BCUT2D eigenvalue weighted by molar-refractivity contribution is -0.122. The first-order valence-corrected chi connectivity index (χ1v) is 8.50. The van der Waals surface area contributed by atoms with Gasteiger partial charge in [0.25, 0.3) is 0 Å². The summed E-state index contributed by atoms with van der Waals surface area (Å²) >= 11 is 0. The van der Waals surface area contributed by atoms with E-state index in [1.54, 1.807) is 0 Å². The molecule has 1 aromatic rings. The number of amides is 1. The third-order valence-electron chi connectivity index (χ3n) is 4.90. The maximum atomic E-state index is 12.7. The van der Waals surface area contributed by atoms with Crippen molar-refractivity contribution in [2.75, 3.05) is 5.32 Å². The van der Waals surface area contributed by atoms with Crippen LogP contribution in [0.5, 0.6) is 0 Å². The number of carbonyl (C=O) groups excluding carboxylic acids is 1. The number of hydrogen-bond donors (Lipinski definition) is 1. The lowest BCUT2D eigenvalue weighted by Gasteiger charge is -2.31. The van der Waals surface area contributed by atoms with Gasteiger partial charge in [-0.2, -0.15) is 0 Å². The highest BCUT2D eigenvalue weighted by atomic mass is 16.1. The maximum Gasteiger partial charge on any atom is 0.227 e. The van der Waals surface area contributed by atoms with Crippen molar-refractivity contribution in [2.24, 2.45) is 11.8 Å². The predicted octanol–water partition coefficient (Wildman–Crippen LogP) is 5.24. The van der Waals surface area contributed by atoms with E-state index in [1.165, 1.54) is 38.5 Å². The topological polar surface area (TPSA) is 29.1 Å². The van der Waals surface area contributed by atoms with Gasteiger partial charge in [-0.15, -0.1) is 0 Å². The Labute approximate surface area is 129 Å². The van der Waals surface area contributed by atoms with Crippen LogP contribution >= 0.6 is 0 Å². The molecule has 1 unspecified atom stereocenters. The molecule has 1 aromatic carbocycles. The predicted molar refractivity (Wildman–Crippen MR) is 89.5 cm³/mol. The van der Waals surface area contributed by atoms with Crippen LogP contribution in [0.15, 0.2) is 18.2 Å². The summed E-state index contributed by atoms with van der Waals surface area (Å²) in [6, 6.07) is 6.18. The quantitative estimate of drug-likeness (QED) is 0.788. The molecule has 1 amide bonds. The second-order valence-electron chi connectivity index (χ2n) is 6.55. The molecule has 21 heavy (non-hydrogen) atoms. The van der Waals surface area contributed by atoms with Crippen molar-refractivity contribution < 1.29 is 4.79 Å². The summed E-state index contributed by atoms with van der Waals surface area (Å²) in [5, 5.41) is 3.22. The first-order chi connectivity index (χ1) is 10.1. The summed E-state index contributed by atoms with van der Waals surface area (Å²) in [4.78, 5) is 12.7. The molecule has 0 spiro atoms. The number of rotatable bonds is 5. The third kappa shape index (κ3) is 4.09. The van der Waals surface area contributed by atoms with Gasteiger partial charge in [-0.3, -0.25) is 4.79 Å². The van der Waals surface area contributed by atoms with Gasteiger partial charge in [0.1, 0.15) is 0 Å². The van der Waals surface area contributed by atoms with Crippen molar-refractivity contribution in [2.45, 2.75) is 65.7 Å². The van der Waals surface area contributed by atoms with Crippen molar-refractivity contribution in [1.29, 1.82) is 0 Å². The van der Waals surface area contributed by atoms with Gasteiger partial charge in [0, 0.05) is 11.6 Å². The number of hydrogen-bond acceptors (Lipinski definition) is 1. The fourth-order valence-corrected chi connectivity index (χ4v) is 3.59. The summed E-state index contributed by atoms with van der Waals surface area (Å²) < 4.78 is 0. The Balaban J connectivity index is 2.07. The van der Waals surface area contributed by atoms with Crippen molar-refractivity contribution in [1.82, 2.24) is 0 Å². The van der Waals surface area contributed by atoms with Crippen molar-refractivity contribution in [3.8, 4) is 0 Å². The molecule has 2 heteroatoms. The molecule has 2 atom stereocenters. The van der Waals surface area contributed by atoms with Gasteiger partial charge in [-0.1, -0.05) is 50.8 Å². The number of aryl methyl sites for hydroxylation is 2. The van der Waals surface area contributed by atoms with Crippen LogP contribution in [0, 0.1) is 25.7 Å². The molecule has 0 aromatic heterocycles. The number of nitrogens with one attached hydrogen (secondary N) is 1. The molecule has 0 aliphatic heterocycles. The minimum Gasteiger partial charge on any atom is -0.325 e. The van der Waals surface area contributed by atoms with E-state index in [-0.39, 0.29) is 11.8 Å². The Morgan fingerprint density at radius 2 is 1.86 bits per heavy atom. The first kappa shape index (κ1) is 16.1.